The topological polar surface area (TPSA) is 92.2 Å². The first-order valence-corrected chi connectivity index (χ1v) is 12.0. The standard InChI is InChI=1S/C28H19Cl2N5O2/c1-3-5-24(36)33-20-8-7-16(12-17(20)14-31)28(37)22-10-9-21-18(6-4-11-35(21)22)25-19(29)13-23-27(26(25)30)32-15-34(23)2/h3-13,15H,1-2H3,(H,33,36). The predicted octanol–water partition coefficient (Wildman–Crippen LogP) is 6.42. The molecule has 1 amide bonds. The molecule has 0 saturated carbocycles. The van der Waals surface area contributed by atoms with E-state index in [0.29, 0.717) is 38.1 Å². The number of nitriles is 1. The van der Waals surface area contributed by atoms with E-state index in [1.165, 1.54) is 12.1 Å². The molecule has 9 heteroatoms. The number of allylic oxidation sites excluding steroid dienone is 1. The molecule has 182 valence electrons. The Morgan fingerprint density at radius 2 is 1.92 bits per heavy atom. The summed E-state index contributed by atoms with van der Waals surface area (Å²) in [5.41, 5.74) is 4.81. The third kappa shape index (κ3) is 4.16. The fourth-order valence-electron chi connectivity index (χ4n) is 4.34. The van der Waals surface area contributed by atoms with E-state index in [-0.39, 0.29) is 17.3 Å². The molecule has 0 aliphatic heterocycles. The van der Waals surface area contributed by atoms with E-state index in [1.54, 1.807) is 48.1 Å². The minimum atomic E-state index is -0.357. The highest BCUT2D eigenvalue weighted by Gasteiger charge is 2.21. The number of ketones is 1. The molecule has 0 fully saturated rings. The van der Waals surface area contributed by atoms with Gasteiger partial charge in [-0.1, -0.05) is 35.3 Å². The maximum Gasteiger partial charge on any atom is 0.248 e. The second-order valence-electron chi connectivity index (χ2n) is 8.36. The first-order chi connectivity index (χ1) is 17.8. The fourth-order valence-corrected chi connectivity index (χ4v) is 5.03. The second-order valence-corrected chi connectivity index (χ2v) is 9.14. The van der Waals surface area contributed by atoms with Crippen molar-refractivity contribution in [3.8, 4) is 17.2 Å². The zero-order chi connectivity index (χ0) is 26.3. The monoisotopic (exact) mass is 527 g/mol. The number of pyridine rings is 1. The molecule has 0 bridgehead atoms. The molecule has 3 heterocycles. The number of carbonyl (C=O) groups is 2. The van der Waals surface area contributed by atoms with Crippen LogP contribution in [-0.2, 0) is 11.8 Å². The minimum absolute atomic E-state index is 0.187. The van der Waals surface area contributed by atoms with E-state index < -0.39 is 0 Å². The Bertz CT molecular complexity index is 1810. The second kappa shape index (κ2) is 9.58. The lowest BCUT2D eigenvalue weighted by Gasteiger charge is -2.12. The number of hydrogen-bond donors (Lipinski definition) is 1. The summed E-state index contributed by atoms with van der Waals surface area (Å²) in [4.78, 5) is 29.8. The van der Waals surface area contributed by atoms with Crippen LogP contribution in [0.1, 0.15) is 28.5 Å². The van der Waals surface area contributed by atoms with Crippen molar-refractivity contribution in [2.75, 3.05) is 5.32 Å². The molecule has 0 radical (unpaired) electrons. The number of benzene rings is 2. The van der Waals surface area contributed by atoms with Gasteiger partial charge in [0, 0.05) is 29.9 Å². The van der Waals surface area contributed by atoms with Gasteiger partial charge < -0.3 is 14.3 Å². The lowest BCUT2D eigenvalue weighted by atomic mass is 10.0. The molecule has 5 rings (SSSR count). The van der Waals surface area contributed by atoms with Gasteiger partial charge in [0.2, 0.25) is 11.7 Å². The predicted molar refractivity (Wildman–Crippen MR) is 145 cm³/mol. The van der Waals surface area contributed by atoms with Crippen molar-refractivity contribution in [1.82, 2.24) is 14.0 Å². The minimum Gasteiger partial charge on any atom is -0.334 e. The summed E-state index contributed by atoms with van der Waals surface area (Å²) in [7, 11) is 1.87. The lowest BCUT2D eigenvalue weighted by molar-refractivity contribution is -0.111. The molecular weight excluding hydrogens is 509 g/mol. The molecule has 37 heavy (non-hydrogen) atoms. The van der Waals surface area contributed by atoms with Gasteiger partial charge in [-0.25, -0.2) is 4.98 Å². The van der Waals surface area contributed by atoms with Crippen LogP contribution in [0.4, 0.5) is 5.69 Å². The van der Waals surface area contributed by atoms with Crippen LogP contribution in [0.3, 0.4) is 0 Å². The number of carbonyl (C=O) groups excluding carboxylic acids is 2. The number of aromatic nitrogens is 3. The smallest absolute Gasteiger partial charge is 0.248 e. The fraction of sp³-hybridized carbons (Fsp3) is 0.0714. The quantitative estimate of drug-likeness (QED) is 0.211. The number of nitrogens with one attached hydrogen (secondary N) is 1. The van der Waals surface area contributed by atoms with Crippen molar-refractivity contribution in [3.05, 3.63) is 100 Å². The Morgan fingerprint density at radius 1 is 1.11 bits per heavy atom. The van der Waals surface area contributed by atoms with Crippen molar-refractivity contribution in [1.29, 1.82) is 5.26 Å². The van der Waals surface area contributed by atoms with Crippen molar-refractivity contribution in [3.63, 3.8) is 0 Å². The van der Waals surface area contributed by atoms with Crippen LogP contribution in [0, 0.1) is 11.3 Å². The Labute approximate surface area is 222 Å². The van der Waals surface area contributed by atoms with Crippen LogP contribution in [-0.4, -0.2) is 25.6 Å². The molecule has 3 aromatic heterocycles. The van der Waals surface area contributed by atoms with E-state index in [1.807, 2.05) is 41.9 Å². The van der Waals surface area contributed by atoms with Gasteiger partial charge in [-0.3, -0.25) is 9.59 Å². The largest absolute Gasteiger partial charge is 0.334 e. The van der Waals surface area contributed by atoms with Crippen LogP contribution < -0.4 is 5.32 Å². The van der Waals surface area contributed by atoms with Gasteiger partial charge in [-0.15, -0.1) is 0 Å². The van der Waals surface area contributed by atoms with Crippen LogP contribution in [0.5, 0.6) is 0 Å². The first-order valence-electron chi connectivity index (χ1n) is 11.3. The number of halogens is 2. The lowest BCUT2D eigenvalue weighted by Crippen LogP contribution is -2.10. The number of hydrogen-bond acceptors (Lipinski definition) is 4. The maximum absolute atomic E-state index is 13.5. The highest BCUT2D eigenvalue weighted by molar-refractivity contribution is 6.43. The SMILES string of the molecule is CC=CC(=O)Nc1ccc(C(=O)c2ccc3c(-c4c(Cl)cc5c(ncn5C)c4Cl)cccn23)cc1C#N. The highest BCUT2D eigenvalue weighted by atomic mass is 35.5. The number of rotatable bonds is 5. The van der Waals surface area contributed by atoms with Gasteiger partial charge in [-0.05, 0) is 55.5 Å². The molecule has 2 aromatic carbocycles. The van der Waals surface area contributed by atoms with Crippen molar-refractivity contribution < 1.29 is 9.59 Å². The van der Waals surface area contributed by atoms with Crippen LogP contribution >= 0.6 is 23.2 Å². The molecule has 7 nitrogen and oxygen atoms in total. The molecule has 5 aromatic rings. The van der Waals surface area contributed by atoms with Crippen LogP contribution in [0.2, 0.25) is 10.0 Å². The average Bonchev–Trinajstić information content (AvgIpc) is 3.48. The summed E-state index contributed by atoms with van der Waals surface area (Å²) < 4.78 is 3.61. The van der Waals surface area contributed by atoms with E-state index in [4.69, 9.17) is 23.2 Å². The number of fused-ring (bicyclic) bond motifs is 2. The van der Waals surface area contributed by atoms with E-state index in [2.05, 4.69) is 10.3 Å². The van der Waals surface area contributed by atoms with Gasteiger partial charge in [0.25, 0.3) is 0 Å². The summed E-state index contributed by atoms with van der Waals surface area (Å²) in [6, 6.07) is 15.7. The van der Waals surface area contributed by atoms with Crippen molar-refractivity contribution in [2.24, 2.45) is 7.05 Å². The van der Waals surface area contributed by atoms with Gasteiger partial charge in [0.15, 0.2) is 0 Å². The summed E-state index contributed by atoms with van der Waals surface area (Å²) >= 11 is 13.4. The number of nitrogens with zero attached hydrogens (tertiary/aromatic N) is 4. The molecule has 0 saturated heterocycles. The Hall–Kier alpha value is -4.38. The number of aryl methyl sites for hydroxylation is 1. The summed E-state index contributed by atoms with van der Waals surface area (Å²) in [5, 5.41) is 13.1. The first kappa shape index (κ1) is 24.3. The van der Waals surface area contributed by atoms with Crippen molar-refractivity contribution in [2.45, 2.75) is 6.92 Å². The molecule has 0 aliphatic carbocycles. The van der Waals surface area contributed by atoms with E-state index >= 15 is 0 Å². The Kier molecular flexibility index (Phi) is 6.30. The maximum atomic E-state index is 13.5. The number of anilines is 1. The molecule has 0 spiro atoms. The summed E-state index contributed by atoms with van der Waals surface area (Å²) in [5.74, 6) is -0.637. The Morgan fingerprint density at radius 3 is 2.68 bits per heavy atom. The van der Waals surface area contributed by atoms with Gasteiger partial charge in [-0.2, -0.15) is 5.26 Å². The third-order valence-electron chi connectivity index (χ3n) is 6.08. The molecule has 0 unspecified atom stereocenters. The van der Waals surface area contributed by atoms with E-state index in [0.717, 1.165) is 16.6 Å². The summed E-state index contributed by atoms with van der Waals surface area (Å²) in [6.45, 7) is 1.72. The Balaban J connectivity index is 1.58. The third-order valence-corrected chi connectivity index (χ3v) is 6.75. The molecule has 0 aliphatic rings. The zero-order valence-electron chi connectivity index (χ0n) is 19.8. The molecular formula is C28H19Cl2N5O2. The van der Waals surface area contributed by atoms with Gasteiger partial charge in [0.1, 0.15) is 11.6 Å². The summed E-state index contributed by atoms with van der Waals surface area (Å²) in [6.07, 6.45) is 6.41. The molecule has 1 N–H and O–H groups in total. The normalized spacial score (nSPS) is 11.3. The number of imidazole rings is 1. The highest BCUT2D eigenvalue weighted by Crippen LogP contribution is 2.41. The van der Waals surface area contributed by atoms with Crippen LogP contribution in [0.15, 0.2) is 73.2 Å². The van der Waals surface area contributed by atoms with Gasteiger partial charge >= 0.3 is 0 Å². The van der Waals surface area contributed by atoms with E-state index in [9.17, 15) is 14.9 Å². The van der Waals surface area contributed by atoms with Crippen molar-refractivity contribution >= 4 is 57.1 Å². The zero-order valence-corrected chi connectivity index (χ0v) is 21.3. The van der Waals surface area contributed by atoms with Gasteiger partial charge in [0.05, 0.1) is 44.4 Å². The average molecular weight is 528 g/mol. The number of amides is 1. The molecule has 0 atom stereocenters. The van der Waals surface area contributed by atoms with Crippen LogP contribution in [0.25, 0.3) is 27.7 Å².